The molecule has 1 amide bonds. The predicted octanol–water partition coefficient (Wildman–Crippen LogP) is 3.78. The van der Waals surface area contributed by atoms with E-state index in [-0.39, 0.29) is 5.91 Å². The Morgan fingerprint density at radius 2 is 1.88 bits per heavy atom. The van der Waals surface area contributed by atoms with Gasteiger partial charge in [-0.3, -0.25) is 4.79 Å². The normalized spacial score (nSPS) is 11.2. The smallest absolute Gasteiger partial charge is 0.291 e. The van der Waals surface area contributed by atoms with Crippen molar-refractivity contribution in [3.05, 3.63) is 54.0 Å². The lowest BCUT2D eigenvalue weighted by Crippen LogP contribution is -2.37. The average Bonchev–Trinajstić information content (AvgIpc) is 3.19. The summed E-state index contributed by atoms with van der Waals surface area (Å²) in [6.45, 7) is 6.59. The molecule has 2 aromatic rings. The Morgan fingerprint density at radius 1 is 1.08 bits per heavy atom. The lowest BCUT2D eigenvalue weighted by atomic mass is 10.2. The molecule has 1 aromatic heterocycles. The van der Waals surface area contributed by atoms with Crippen molar-refractivity contribution < 1.29 is 9.21 Å². The summed E-state index contributed by atoms with van der Waals surface area (Å²) in [4.78, 5) is 16.6. The second kappa shape index (κ2) is 11.0. The third kappa shape index (κ3) is 6.63. The highest BCUT2D eigenvalue weighted by Gasteiger charge is 2.08. The maximum Gasteiger partial charge on any atom is 0.291 e. The summed E-state index contributed by atoms with van der Waals surface area (Å²) < 4.78 is 5.08. The first kappa shape index (κ1) is 19.6. The number of nitrogens with one attached hydrogen (secondary N) is 3. The third-order valence-corrected chi connectivity index (χ3v) is 3.79. The minimum atomic E-state index is -0.258. The van der Waals surface area contributed by atoms with E-state index in [1.54, 1.807) is 12.1 Å². The van der Waals surface area contributed by atoms with Gasteiger partial charge in [0.2, 0.25) is 0 Å². The summed E-state index contributed by atoms with van der Waals surface area (Å²) >= 11 is 0. The molecule has 0 aliphatic carbocycles. The average molecular weight is 356 g/mol. The molecule has 6 nitrogen and oxygen atoms in total. The molecule has 0 aliphatic rings. The van der Waals surface area contributed by atoms with E-state index in [1.165, 1.54) is 19.1 Å². The number of amides is 1. The fraction of sp³-hybridized carbons (Fsp3) is 0.400. The van der Waals surface area contributed by atoms with Crippen LogP contribution in [0.1, 0.15) is 49.2 Å². The van der Waals surface area contributed by atoms with Gasteiger partial charge in [-0.05, 0) is 43.2 Å². The Labute approximate surface area is 155 Å². The van der Waals surface area contributed by atoms with Gasteiger partial charge >= 0.3 is 0 Å². The molecule has 6 heteroatoms. The van der Waals surface area contributed by atoms with Crippen molar-refractivity contribution in [1.82, 2.24) is 10.6 Å². The van der Waals surface area contributed by atoms with Gasteiger partial charge in [-0.1, -0.05) is 31.9 Å². The third-order valence-electron chi connectivity index (χ3n) is 3.79. The van der Waals surface area contributed by atoms with E-state index in [0.29, 0.717) is 12.3 Å². The quantitative estimate of drug-likeness (QED) is 0.363. The zero-order valence-corrected chi connectivity index (χ0v) is 15.5. The second-order valence-corrected chi connectivity index (χ2v) is 5.96. The van der Waals surface area contributed by atoms with E-state index in [1.807, 2.05) is 24.3 Å². The first-order valence-electron chi connectivity index (χ1n) is 9.19. The van der Waals surface area contributed by atoms with Crippen LogP contribution >= 0.6 is 0 Å². The summed E-state index contributed by atoms with van der Waals surface area (Å²) in [6, 6.07) is 11.0. The van der Waals surface area contributed by atoms with Crippen LogP contribution in [0.4, 0.5) is 5.69 Å². The van der Waals surface area contributed by atoms with Gasteiger partial charge < -0.3 is 20.4 Å². The molecular formula is C20H28N4O2. The summed E-state index contributed by atoms with van der Waals surface area (Å²) in [7, 11) is 0. The number of aliphatic imine (C=N–C) groups is 1. The summed E-state index contributed by atoms with van der Waals surface area (Å²) in [6.07, 6.45) is 5.05. The molecule has 0 fully saturated rings. The molecular weight excluding hydrogens is 328 g/mol. The number of hydrogen-bond acceptors (Lipinski definition) is 3. The van der Waals surface area contributed by atoms with Crippen LogP contribution in [0, 0.1) is 0 Å². The molecule has 0 atom stereocenters. The number of furan rings is 1. The fourth-order valence-electron chi connectivity index (χ4n) is 2.39. The van der Waals surface area contributed by atoms with E-state index in [2.05, 4.69) is 34.8 Å². The van der Waals surface area contributed by atoms with Crippen molar-refractivity contribution in [2.24, 2.45) is 4.99 Å². The number of benzene rings is 1. The predicted molar refractivity (Wildman–Crippen MR) is 105 cm³/mol. The van der Waals surface area contributed by atoms with Gasteiger partial charge in [0.1, 0.15) is 0 Å². The zero-order valence-electron chi connectivity index (χ0n) is 15.5. The van der Waals surface area contributed by atoms with E-state index < -0.39 is 0 Å². The van der Waals surface area contributed by atoms with Gasteiger partial charge in [0, 0.05) is 18.8 Å². The van der Waals surface area contributed by atoms with Crippen LogP contribution in [0.3, 0.4) is 0 Å². The first-order valence-corrected chi connectivity index (χ1v) is 9.19. The molecule has 0 radical (unpaired) electrons. The number of anilines is 1. The zero-order chi connectivity index (χ0) is 18.6. The van der Waals surface area contributed by atoms with Crippen molar-refractivity contribution in [3.63, 3.8) is 0 Å². The molecule has 140 valence electrons. The molecule has 0 saturated carbocycles. The van der Waals surface area contributed by atoms with Gasteiger partial charge in [-0.25, -0.2) is 4.99 Å². The van der Waals surface area contributed by atoms with Crippen molar-refractivity contribution in [3.8, 4) is 0 Å². The maximum absolute atomic E-state index is 12.0. The highest BCUT2D eigenvalue weighted by Crippen LogP contribution is 2.12. The van der Waals surface area contributed by atoms with Crippen molar-refractivity contribution in [1.29, 1.82) is 0 Å². The van der Waals surface area contributed by atoms with Crippen LogP contribution in [0.15, 0.2) is 52.1 Å². The van der Waals surface area contributed by atoms with E-state index in [0.717, 1.165) is 36.7 Å². The van der Waals surface area contributed by atoms with Crippen LogP contribution in [0.5, 0.6) is 0 Å². The Morgan fingerprint density at radius 3 is 2.54 bits per heavy atom. The van der Waals surface area contributed by atoms with Gasteiger partial charge in [0.25, 0.3) is 5.91 Å². The van der Waals surface area contributed by atoms with Crippen molar-refractivity contribution in [2.45, 2.75) is 39.7 Å². The van der Waals surface area contributed by atoms with Gasteiger partial charge in [-0.15, -0.1) is 0 Å². The monoisotopic (exact) mass is 356 g/mol. The number of carbonyl (C=O) groups excluding carboxylic acids is 1. The molecule has 0 spiro atoms. The highest BCUT2D eigenvalue weighted by molar-refractivity contribution is 6.02. The number of carbonyl (C=O) groups is 1. The minimum Gasteiger partial charge on any atom is -0.459 e. The van der Waals surface area contributed by atoms with Crippen molar-refractivity contribution >= 4 is 17.6 Å². The van der Waals surface area contributed by atoms with Crippen LogP contribution in [0.2, 0.25) is 0 Å². The Hall–Kier alpha value is -2.76. The number of hydrogen-bond donors (Lipinski definition) is 3. The standard InChI is InChI=1S/C20H28N4O2/c1-3-5-6-13-22-20(21-4-2)23-15-16-9-11-17(12-10-16)24-19(25)18-8-7-14-26-18/h7-12,14H,3-6,13,15H2,1-2H3,(H,24,25)(H2,21,22,23). The van der Waals surface area contributed by atoms with Crippen LogP contribution < -0.4 is 16.0 Å². The second-order valence-electron chi connectivity index (χ2n) is 5.96. The number of guanidine groups is 1. The number of rotatable bonds is 9. The molecule has 26 heavy (non-hydrogen) atoms. The van der Waals surface area contributed by atoms with Gasteiger partial charge in [-0.2, -0.15) is 0 Å². The minimum absolute atomic E-state index is 0.258. The lowest BCUT2D eigenvalue weighted by Gasteiger charge is -2.11. The molecule has 1 aromatic carbocycles. The number of nitrogens with zero attached hydrogens (tertiary/aromatic N) is 1. The molecule has 0 saturated heterocycles. The molecule has 2 rings (SSSR count). The van der Waals surface area contributed by atoms with Crippen LogP contribution in [-0.4, -0.2) is 25.0 Å². The lowest BCUT2D eigenvalue weighted by molar-refractivity contribution is 0.0996. The molecule has 0 unspecified atom stereocenters. The molecule has 3 N–H and O–H groups in total. The Kier molecular flexibility index (Phi) is 8.26. The van der Waals surface area contributed by atoms with Gasteiger partial charge in [0.15, 0.2) is 11.7 Å². The van der Waals surface area contributed by atoms with Gasteiger partial charge in [0.05, 0.1) is 12.8 Å². The Balaban J connectivity index is 1.87. The largest absolute Gasteiger partial charge is 0.459 e. The van der Waals surface area contributed by atoms with Crippen LogP contribution in [-0.2, 0) is 6.54 Å². The molecule has 0 bridgehead atoms. The number of unbranched alkanes of at least 4 members (excludes halogenated alkanes) is 2. The molecule has 0 aliphatic heterocycles. The molecule has 1 heterocycles. The van der Waals surface area contributed by atoms with Crippen molar-refractivity contribution in [2.75, 3.05) is 18.4 Å². The summed E-state index contributed by atoms with van der Waals surface area (Å²) in [5.41, 5.74) is 1.80. The Bertz CT molecular complexity index is 678. The fourth-order valence-corrected chi connectivity index (χ4v) is 2.39. The van der Waals surface area contributed by atoms with Crippen LogP contribution in [0.25, 0.3) is 0 Å². The first-order chi connectivity index (χ1) is 12.7. The van der Waals surface area contributed by atoms with E-state index in [9.17, 15) is 4.79 Å². The summed E-state index contributed by atoms with van der Waals surface area (Å²) in [5.74, 6) is 0.869. The highest BCUT2D eigenvalue weighted by atomic mass is 16.3. The topological polar surface area (TPSA) is 78.7 Å². The van der Waals surface area contributed by atoms with E-state index in [4.69, 9.17) is 4.42 Å². The SMILES string of the molecule is CCCCCNC(=NCc1ccc(NC(=O)c2ccco2)cc1)NCC. The summed E-state index contributed by atoms with van der Waals surface area (Å²) in [5, 5.41) is 9.41. The maximum atomic E-state index is 12.0. The van der Waals surface area contributed by atoms with E-state index >= 15 is 0 Å².